The summed E-state index contributed by atoms with van der Waals surface area (Å²) >= 11 is 3.33. The molecule has 1 atom stereocenters. The Morgan fingerprint density at radius 3 is 2.79 bits per heavy atom. The molecule has 0 fully saturated rings. The molecule has 0 aromatic carbocycles. The number of likely N-dealkylation sites (N-methyl/N-ethyl adjacent to an activating group) is 1. The summed E-state index contributed by atoms with van der Waals surface area (Å²) in [6.45, 7) is 5.23. The fourth-order valence-corrected chi connectivity index (χ4v) is 2.31. The minimum atomic E-state index is 0.0985. The first-order valence-corrected chi connectivity index (χ1v) is 7.18. The summed E-state index contributed by atoms with van der Waals surface area (Å²) < 4.78 is 8.31. The largest absolute Gasteiger partial charge is 0.453 e. The predicted octanol–water partition coefficient (Wildman–Crippen LogP) is 2.79. The maximum atomic E-state index is 5.60. The Morgan fingerprint density at radius 2 is 2.21 bits per heavy atom. The molecular weight excluding hydrogens is 308 g/mol. The fourth-order valence-electron chi connectivity index (χ4n) is 1.99. The van der Waals surface area contributed by atoms with Crippen LogP contribution in [0.5, 0.6) is 0 Å². The number of hydrogen-bond acceptors (Lipinski definition) is 4. The summed E-state index contributed by atoms with van der Waals surface area (Å²) in [4.78, 5) is 4.35. The van der Waals surface area contributed by atoms with Crippen LogP contribution in [-0.2, 0) is 13.0 Å². The van der Waals surface area contributed by atoms with Crippen molar-refractivity contribution in [3.8, 4) is 0 Å². The molecule has 5 nitrogen and oxygen atoms in total. The van der Waals surface area contributed by atoms with Crippen LogP contribution in [0.3, 0.4) is 0 Å². The first kappa shape index (κ1) is 14.3. The normalized spacial score (nSPS) is 13.1. The van der Waals surface area contributed by atoms with Gasteiger partial charge in [0.25, 0.3) is 0 Å². The van der Waals surface area contributed by atoms with E-state index in [1.54, 1.807) is 6.33 Å². The zero-order valence-corrected chi connectivity index (χ0v) is 13.0. The van der Waals surface area contributed by atoms with E-state index in [0.29, 0.717) is 5.92 Å². The number of nitrogens with zero attached hydrogens (tertiary/aromatic N) is 3. The third-order valence-electron chi connectivity index (χ3n) is 2.91. The molecule has 6 heteroatoms. The zero-order valence-electron chi connectivity index (χ0n) is 11.4. The second-order valence-electron chi connectivity index (χ2n) is 4.94. The molecule has 2 aromatic heterocycles. The molecule has 0 saturated heterocycles. The Balaban J connectivity index is 2.12. The quantitative estimate of drug-likeness (QED) is 0.886. The maximum Gasteiger partial charge on any atom is 0.169 e. The minimum absolute atomic E-state index is 0.0985. The monoisotopic (exact) mass is 326 g/mol. The van der Waals surface area contributed by atoms with E-state index in [-0.39, 0.29) is 6.04 Å². The van der Waals surface area contributed by atoms with Gasteiger partial charge in [-0.3, -0.25) is 0 Å². The van der Waals surface area contributed by atoms with Crippen molar-refractivity contribution in [2.45, 2.75) is 32.9 Å². The fraction of sp³-hybridized carbons (Fsp3) is 0.538. The van der Waals surface area contributed by atoms with Gasteiger partial charge in [0, 0.05) is 13.0 Å². The number of halogens is 1. The summed E-state index contributed by atoms with van der Waals surface area (Å²) in [5, 5.41) is 7.54. The van der Waals surface area contributed by atoms with E-state index in [1.807, 2.05) is 23.9 Å². The van der Waals surface area contributed by atoms with Crippen LogP contribution in [0.15, 0.2) is 27.5 Å². The summed E-state index contributed by atoms with van der Waals surface area (Å²) in [5.41, 5.74) is 0. The van der Waals surface area contributed by atoms with Gasteiger partial charge >= 0.3 is 0 Å². The predicted molar refractivity (Wildman–Crippen MR) is 76.8 cm³/mol. The Labute approximate surface area is 121 Å². The van der Waals surface area contributed by atoms with Gasteiger partial charge in [-0.15, -0.1) is 0 Å². The van der Waals surface area contributed by atoms with Crippen molar-refractivity contribution >= 4 is 15.9 Å². The molecule has 0 aliphatic heterocycles. The van der Waals surface area contributed by atoms with Gasteiger partial charge in [-0.05, 0) is 41.0 Å². The van der Waals surface area contributed by atoms with Crippen LogP contribution >= 0.6 is 15.9 Å². The first-order chi connectivity index (χ1) is 9.10. The second kappa shape index (κ2) is 6.34. The Hall–Kier alpha value is -1.14. The maximum absolute atomic E-state index is 5.60. The van der Waals surface area contributed by atoms with Crippen LogP contribution in [0.25, 0.3) is 0 Å². The van der Waals surface area contributed by atoms with Crippen molar-refractivity contribution in [2.24, 2.45) is 5.92 Å². The van der Waals surface area contributed by atoms with Gasteiger partial charge in [0.2, 0.25) is 0 Å². The molecule has 0 radical (unpaired) electrons. The lowest BCUT2D eigenvalue weighted by atomic mass is 10.1. The molecule has 1 unspecified atom stereocenters. The lowest BCUT2D eigenvalue weighted by Gasteiger charge is -2.14. The van der Waals surface area contributed by atoms with Crippen molar-refractivity contribution in [3.05, 3.63) is 34.7 Å². The molecule has 0 aliphatic rings. The molecule has 0 aliphatic carbocycles. The van der Waals surface area contributed by atoms with Crippen molar-refractivity contribution in [1.82, 2.24) is 20.1 Å². The highest BCUT2D eigenvalue weighted by Crippen LogP contribution is 2.22. The summed E-state index contributed by atoms with van der Waals surface area (Å²) in [7, 11) is 1.92. The Kier molecular flexibility index (Phi) is 4.76. The van der Waals surface area contributed by atoms with Crippen molar-refractivity contribution in [3.63, 3.8) is 0 Å². The molecular formula is C13H19BrN4O. The molecule has 1 N–H and O–H groups in total. The third-order valence-corrected chi connectivity index (χ3v) is 3.33. The lowest BCUT2D eigenvalue weighted by molar-refractivity contribution is 0.398. The zero-order chi connectivity index (χ0) is 13.8. The van der Waals surface area contributed by atoms with E-state index >= 15 is 0 Å². The molecule has 0 saturated carbocycles. The third kappa shape index (κ3) is 3.67. The average Bonchev–Trinajstić information content (AvgIpc) is 2.95. The van der Waals surface area contributed by atoms with Crippen LogP contribution in [0.1, 0.15) is 31.5 Å². The molecule has 19 heavy (non-hydrogen) atoms. The number of hydrogen-bond donors (Lipinski definition) is 1. The standard InChI is InChI=1S/C13H19BrN4O/c1-9(2)7-18-13(16-8-17-18)6-10(15-3)11-4-5-12(14)19-11/h4-5,8-10,15H,6-7H2,1-3H3. The molecule has 104 valence electrons. The van der Waals surface area contributed by atoms with Crippen molar-refractivity contribution < 1.29 is 4.42 Å². The van der Waals surface area contributed by atoms with E-state index in [4.69, 9.17) is 4.42 Å². The highest BCUT2D eigenvalue weighted by Gasteiger charge is 2.17. The molecule has 2 aromatic rings. The van der Waals surface area contributed by atoms with Crippen LogP contribution in [0, 0.1) is 5.92 Å². The highest BCUT2D eigenvalue weighted by atomic mass is 79.9. The van der Waals surface area contributed by atoms with Gasteiger partial charge in [-0.2, -0.15) is 5.10 Å². The second-order valence-corrected chi connectivity index (χ2v) is 5.72. The number of aromatic nitrogens is 3. The molecule has 2 rings (SSSR count). The molecule has 0 bridgehead atoms. The van der Waals surface area contributed by atoms with Crippen LogP contribution in [0.2, 0.25) is 0 Å². The van der Waals surface area contributed by atoms with Gasteiger partial charge < -0.3 is 9.73 Å². The van der Waals surface area contributed by atoms with E-state index in [0.717, 1.165) is 29.2 Å². The van der Waals surface area contributed by atoms with Crippen LogP contribution in [0.4, 0.5) is 0 Å². The smallest absolute Gasteiger partial charge is 0.169 e. The first-order valence-electron chi connectivity index (χ1n) is 6.39. The van der Waals surface area contributed by atoms with E-state index in [1.165, 1.54) is 0 Å². The number of furan rings is 1. The van der Waals surface area contributed by atoms with Gasteiger partial charge in [0.15, 0.2) is 4.67 Å². The molecule has 0 spiro atoms. The average molecular weight is 327 g/mol. The van der Waals surface area contributed by atoms with Gasteiger partial charge in [-0.25, -0.2) is 9.67 Å². The summed E-state index contributed by atoms with van der Waals surface area (Å²) in [6.07, 6.45) is 2.37. The minimum Gasteiger partial charge on any atom is -0.453 e. The van der Waals surface area contributed by atoms with Crippen molar-refractivity contribution in [1.29, 1.82) is 0 Å². The van der Waals surface area contributed by atoms with E-state index < -0.39 is 0 Å². The Bertz CT molecular complexity index is 520. The summed E-state index contributed by atoms with van der Waals surface area (Å²) in [5.74, 6) is 2.42. The SMILES string of the molecule is CNC(Cc1ncnn1CC(C)C)c1ccc(Br)o1. The van der Waals surface area contributed by atoms with Gasteiger partial charge in [0.1, 0.15) is 17.9 Å². The van der Waals surface area contributed by atoms with Crippen LogP contribution < -0.4 is 5.32 Å². The van der Waals surface area contributed by atoms with E-state index in [9.17, 15) is 0 Å². The molecule has 0 amide bonds. The topological polar surface area (TPSA) is 55.9 Å². The van der Waals surface area contributed by atoms with Gasteiger partial charge in [0.05, 0.1) is 6.04 Å². The van der Waals surface area contributed by atoms with Crippen molar-refractivity contribution in [2.75, 3.05) is 7.05 Å². The Morgan fingerprint density at radius 1 is 1.42 bits per heavy atom. The lowest BCUT2D eigenvalue weighted by Crippen LogP contribution is -2.21. The number of nitrogens with one attached hydrogen (secondary N) is 1. The highest BCUT2D eigenvalue weighted by molar-refractivity contribution is 9.10. The molecule has 2 heterocycles. The van der Waals surface area contributed by atoms with E-state index in [2.05, 4.69) is 45.2 Å². The summed E-state index contributed by atoms with van der Waals surface area (Å²) in [6, 6.07) is 3.97. The number of rotatable bonds is 6. The van der Waals surface area contributed by atoms with Crippen LogP contribution in [-0.4, -0.2) is 21.8 Å². The van der Waals surface area contributed by atoms with Gasteiger partial charge in [-0.1, -0.05) is 13.8 Å².